The molecule has 3 N–H and O–H groups in total. The Morgan fingerprint density at radius 2 is 1.89 bits per heavy atom. The van der Waals surface area contributed by atoms with Crippen LogP contribution in [0, 0.1) is 0 Å². The van der Waals surface area contributed by atoms with E-state index in [1.54, 1.807) is 9.80 Å². The molecule has 2 amide bonds. The molecule has 2 heterocycles. The molecule has 8 heteroatoms. The van der Waals surface area contributed by atoms with Crippen LogP contribution < -0.4 is 16.0 Å². The number of nitrogens with zero attached hydrogens (tertiary/aromatic N) is 2. The highest BCUT2D eigenvalue weighted by Gasteiger charge is 2.35. The first-order valence-corrected chi connectivity index (χ1v) is 9.63. The zero-order valence-corrected chi connectivity index (χ0v) is 17.2. The molecule has 8 nitrogen and oxygen atoms in total. The highest BCUT2D eigenvalue weighted by atomic mass is 16.6. The number of methoxy groups -OCH3 is 1. The molecule has 2 aliphatic rings. The molecule has 1 saturated heterocycles. The number of carbonyl (C=O) groups is 2. The number of hydrogen-bond donors (Lipinski definition) is 2. The van der Waals surface area contributed by atoms with Gasteiger partial charge in [0, 0.05) is 24.7 Å². The van der Waals surface area contributed by atoms with Gasteiger partial charge in [0.25, 0.3) is 0 Å². The number of nitrogen functional groups attached to an aromatic ring is 1. The number of anilines is 3. The largest absolute Gasteiger partial charge is 0.452 e. The van der Waals surface area contributed by atoms with E-state index in [9.17, 15) is 9.59 Å². The molecule has 28 heavy (non-hydrogen) atoms. The lowest BCUT2D eigenvalue weighted by atomic mass is 9.94. The third-order valence-electron chi connectivity index (χ3n) is 5.11. The molecule has 154 valence electrons. The van der Waals surface area contributed by atoms with E-state index in [0.29, 0.717) is 18.8 Å². The molecule has 0 radical (unpaired) electrons. The van der Waals surface area contributed by atoms with E-state index in [1.807, 2.05) is 39.8 Å². The molecule has 0 saturated carbocycles. The van der Waals surface area contributed by atoms with Crippen molar-refractivity contribution in [2.75, 3.05) is 36.1 Å². The number of hydrogen-bond acceptors (Lipinski definition) is 6. The van der Waals surface area contributed by atoms with Gasteiger partial charge in [-0.3, -0.25) is 4.90 Å². The summed E-state index contributed by atoms with van der Waals surface area (Å²) in [4.78, 5) is 27.5. The summed E-state index contributed by atoms with van der Waals surface area (Å²) >= 11 is 0. The Morgan fingerprint density at radius 1 is 1.21 bits per heavy atom. The second-order valence-electron chi connectivity index (χ2n) is 8.48. The first-order valence-electron chi connectivity index (χ1n) is 9.63. The van der Waals surface area contributed by atoms with Crippen LogP contribution in [0.3, 0.4) is 0 Å². The Morgan fingerprint density at radius 3 is 2.50 bits per heavy atom. The number of benzene rings is 1. The predicted molar refractivity (Wildman–Crippen MR) is 109 cm³/mol. The summed E-state index contributed by atoms with van der Waals surface area (Å²) in [5.74, 6) is 0. The quantitative estimate of drug-likeness (QED) is 0.753. The van der Waals surface area contributed by atoms with Gasteiger partial charge in [0.1, 0.15) is 5.60 Å². The Balaban J connectivity index is 1.68. The molecule has 0 aromatic heterocycles. The first kappa shape index (κ1) is 20.1. The fourth-order valence-corrected chi connectivity index (χ4v) is 3.63. The van der Waals surface area contributed by atoms with Gasteiger partial charge in [-0.1, -0.05) is 0 Å². The van der Waals surface area contributed by atoms with E-state index in [0.717, 1.165) is 29.8 Å². The molecule has 0 aliphatic carbocycles. The molecular formula is C20H30N4O4. The number of likely N-dealkylation sites (tertiary alicyclic amines) is 1. The molecule has 2 aliphatic heterocycles. The van der Waals surface area contributed by atoms with Gasteiger partial charge in [-0.25, -0.2) is 9.59 Å². The van der Waals surface area contributed by atoms with Gasteiger partial charge in [-0.15, -0.1) is 0 Å². The van der Waals surface area contributed by atoms with E-state index in [1.165, 1.54) is 7.11 Å². The molecular weight excluding hydrogens is 360 g/mol. The van der Waals surface area contributed by atoms with Crippen LogP contribution in [0.15, 0.2) is 12.1 Å². The molecule has 1 atom stereocenters. The number of fused-ring (bicyclic) bond motifs is 1. The molecule has 0 spiro atoms. The van der Waals surface area contributed by atoms with Crippen LogP contribution in [-0.2, 0) is 15.9 Å². The smallest absolute Gasteiger partial charge is 0.414 e. The highest BCUT2D eigenvalue weighted by Crippen LogP contribution is 2.39. The van der Waals surface area contributed by atoms with Crippen molar-refractivity contribution in [1.82, 2.24) is 4.90 Å². The average Bonchev–Trinajstić information content (AvgIpc) is 2.57. The fourth-order valence-electron chi connectivity index (χ4n) is 3.63. The molecule has 1 aromatic rings. The Labute approximate surface area is 165 Å². The van der Waals surface area contributed by atoms with Gasteiger partial charge in [0.05, 0.1) is 30.2 Å². The minimum absolute atomic E-state index is 0.0622. The maximum Gasteiger partial charge on any atom is 0.414 e. The van der Waals surface area contributed by atoms with Crippen molar-refractivity contribution < 1.29 is 19.1 Å². The van der Waals surface area contributed by atoms with Crippen molar-refractivity contribution in [1.29, 1.82) is 0 Å². The lowest BCUT2D eigenvalue weighted by Crippen LogP contribution is -2.58. The normalized spacial score (nSPS) is 19.5. The average molecular weight is 390 g/mol. The Hall–Kier alpha value is -2.64. The van der Waals surface area contributed by atoms with Crippen LogP contribution in [0.25, 0.3) is 0 Å². The number of amides is 2. The summed E-state index contributed by atoms with van der Waals surface area (Å²) in [6.45, 7) is 8.70. The molecule has 0 bridgehead atoms. The minimum atomic E-state index is -0.499. The van der Waals surface area contributed by atoms with Crippen LogP contribution in [0.5, 0.6) is 0 Å². The van der Waals surface area contributed by atoms with E-state index < -0.39 is 5.60 Å². The minimum Gasteiger partial charge on any atom is -0.452 e. The summed E-state index contributed by atoms with van der Waals surface area (Å²) in [6.07, 6.45) is 0.957. The summed E-state index contributed by atoms with van der Waals surface area (Å²) in [6, 6.07) is 3.97. The lowest BCUT2D eigenvalue weighted by Gasteiger charge is -2.41. The third kappa shape index (κ3) is 3.95. The van der Waals surface area contributed by atoms with Gasteiger partial charge in [-0.2, -0.15) is 0 Å². The molecule has 1 aromatic carbocycles. The van der Waals surface area contributed by atoms with Gasteiger partial charge in [-0.05, 0) is 52.7 Å². The fraction of sp³-hybridized carbons (Fsp3) is 0.600. The van der Waals surface area contributed by atoms with E-state index >= 15 is 0 Å². The Kier molecular flexibility index (Phi) is 5.32. The predicted octanol–water partition coefficient (Wildman–Crippen LogP) is 3.21. The zero-order chi connectivity index (χ0) is 20.6. The van der Waals surface area contributed by atoms with Crippen LogP contribution in [0.4, 0.5) is 26.7 Å². The summed E-state index contributed by atoms with van der Waals surface area (Å²) in [5, 5.41) is 3.40. The Bertz CT molecular complexity index is 768. The van der Waals surface area contributed by atoms with Crippen molar-refractivity contribution in [3.8, 4) is 0 Å². The molecule has 0 unspecified atom stereocenters. The van der Waals surface area contributed by atoms with Crippen molar-refractivity contribution in [2.45, 2.75) is 58.2 Å². The van der Waals surface area contributed by atoms with Gasteiger partial charge in [0.15, 0.2) is 0 Å². The summed E-state index contributed by atoms with van der Waals surface area (Å²) in [5.41, 5.74) is 9.14. The maximum atomic E-state index is 12.2. The van der Waals surface area contributed by atoms with Crippen LogP contribution in [0.1, 0.15) is 39.7 Å². The SMILES string of the molecule is COC(=O)N1c2ccc(NC3CN(C(=O)OC(C)(C)C)C3)c(N)c2CC[C@@H]1C. The van der Waals surface area contributed by atoms with Gasteiger partial charge >= 0.3 is 12.2 Å². The molecule has 3 rings (SSSR count). The summed E-state index contributed by atoms with van der Waals surface area (Å²) < 4.78 is 10.3. The number of carbonyl (C=O) groups excluding carboxylic acids is 2. The van der Waals surface area contributed by atoms with E-state index in [4.69, 9.17) is 15.2 Å². The van der Waals surface area contributed by atoms with Crippen molar-refractivity contribution in [3.05, 3.63) is 17.7 Å². The number of ether oxygens (including phenoxy) is 2. The van der Waals surface area contributed by atoms with Crippen molar-refractivity contribution in [3.63, 3.8) is 0 Å². The third-order valence-corrected chi connectivity index (χ3v) is 5.11. The second kappa shape index (κ2) is 7.41. The maximum absolute atomic E-state index is 12.2. The second-order valence-corrected chi connectivity index (χ2v) is 8.48. The van der Waals surface area contributed by atoms with E-state index in [2.05, 4.69) is 5.32 Å². The highest BCUT2D eigenvalue weighted by molar-refractivity contribution is 5.93. The standard InChI is InChI=1S/C20H30N4O4/c1-12-6-7-14-16(24(12)19(26)27-5)9-8-15(17(14)21)22-13-10-23(11-13)18(25)28-20(2,3)4/h8-9,12-13,22H,6-7,10-11,21H2,1-5H3/t12-/m0/s1. The summed E-state index contributed by atoms with van der Waals surface area (Å²) in [7, 11) is 1.38. The van der Waals surface area contributed by atoms with Crippen LogP contribution >= 0.6 is 0 Å². The number of rotatable bonds is 2. The van der Waals surface area contributed by atoms with Crippen LogP contribution in [-0.4, -0.2) is 55.0 Å². The topological polar surface area (TPSA) is 97.1 Å². The molecule has 1 fully saturated rings. The zero-order valence-electron chi connectivity index (χ0n) is 17.2. The number of nitrogens with two attached hydrogens (primary N) is 1. The van der Waals surface area contributed by atoms with Crippen LogP contribution in [0.2, 0.25) is 0 Å². The van der Waals surface area contributed by atoms with Crippen molar-refractivity contribution in [2.24, 2.45) is 0 Å². The van der Waals surface area contributed by atoms with Gasteiger partial charge < -0.3 is 25.4 Å². The van der Waals surface area contributed by atoms with Gasteiger partial charge in [0.2, 0.25) is 0 Å². The van der Waals surface area contributed by atoms with Crippen molar-refractivity contribution >= 4 is 29.2 Å². The first-order chi connectivity index (χ1) is 13.1. The van der Waals surface area contributed by atoms with E-state index in [-0.39, 0.29) is 24.3 Å². The monoisotopic (exact) mass is 390 g/mol. The number of nitrogens with one attached hydrogen (secondary N) is 1. The lowest BCUT2D eigenvalue weighted by molar-refractivity contribution is 0.0105.